The molecule has 1 aliphatic heterocycles. The molecule has 1 aliphatic rings. The van der Waals surface area contributed by atoms with Crippen LogP contribution in [0.25, 0.3) is 4.85 Å². The SMILES string of the molecule is [C-]#[N+]c1ccc(Cn2cncc2CC(=O)N2CCC(COC)(Cc3cccc(C)c3)CC2)cc1. The highest BCUT2D eigenvalue weighted by Crippen LogP contribution is 2.36. The van der Waals surface area contributed by atoms with Crippen LogP contribution in [0, 0.1) is 18.9 Å². The van der Waals surface area contributed by atoms with Crippen LogP contribution in [0.3, 0.4) is 0 Å². The van der Waals surface area contributed by atoms with Crippen LogP contribution in [0.2, 0.25) is 0 Å². The minimum absolute atomic E-state index is 0.0680. The van der Waals surface area contributed by atoms with Crippen molar-refractivity contribution in [1.82, 2.24) is 14.5 Å². The normalized spacial score (nSPS) is 15.1. The zero-order chi connectivity index (χ0) is 24.0. The molecule has 34 heavy (non-hydrogen) atoms. The molecule has 0 bridgehead atoms. The predicted molar refractivity (Wildman–Crippen MR) is 133 cm³/mol. The number of piperidine rings is 1. The molecule has 0 aliphatic carbocycles. The minimum Gasteiger partial charge on any atom is -0.384 e. The van der Waals surface area contributed by atoms with Gasteiger partial charge < -0.3 is 14.2 Å². The van der Waals surface area contributed by atoms with Gasteiger partial charge in [-0.1, -0.05) is 54.1 Å². The van der Waals surface area contributed by atoms with E-state index >= 15 is 0 Å². The largest absolute Gasteiger partial charge is 0.384 e. The van der Waals surface area contributed by atoms with Crippen LogP contribution in [0.4, 0.5) is 5.69 Å². The molecule has 6 heteroatoms. The molecular weight excluding hydrogens is 424 g/mol. The summed E-state index contributed by atoms with van der Waals surface area (Å²) in [4.78, 5) is 22.9. The molecule has 0 spiro atoms. The fourth-order valence-electron chi connectivity index (χ4n) is 4.94. The third kappa shape index (κ3) is 5.73. The number of aryl methyl sites for hydroxylation is 1. The molecule has 2 aromatic carbocycles. The molecule has 3 aromatic rings. The molecule has 0 radical (unpaired) electrons. The monoisotopic (exact) mass is 456 g/mol. The Morgan fingerprint density at radius 2 is 1.91 bits per heavy atom. The van der Waals surface area contributed by atoms with Crippen LogP contribution < -0.4 is 0 Å². The van der Waals surface area contributed by atoms with Gasteiger partial charge in [0, 0.05) is 44.0 Å². The molecule has 1 amide bonds. The van der Waals surface area contributed by atoms with Gasteiger partial charge in [-0.05, 0) is 37.3 Å². The molecule has 6 nitrogen and oxygen atoms in total. The highest BCUT2D eigenvalue weighted by atomic mass is 16.5. The number of amides is 1. The quantitative estimate of drug-likeness (QED) is 0.456. The van der Waals surface area contributed by atoms with Crippen LogP contribution in [-0.4, -0.2) is 47.2 Å². The van der Waals surface area contributed by atoms with E-state index in [1.165, 1.54) is 11.1 Å². The number of aromatic nitrogens is 2. The maximum absolute atomic E-state index is 13.1. The Morgan fingerprint density at radius 3 is 2.59 bits per heavy atom. The van der Waals surface area contributed by atoms with E-state index in [1.807, 2.05) is 33.7 Å². The third-order valence-corrected chi connectivity index (χ3v) is 6.84. The van der Waals surface area contributed by atoms with Gasteiger partial charge in [-0.25, -0.2) is 9.83 Å². The summed E-state index contributed by atoms with van der Waals surface area (Å²) in [6.45, 7) is 12.1. The Balaban J connectivity index is 1.37. The van der Waals surface area contributed by atoms with Crippen molar-refractivity contribution in [3.63, 3.8) is 0 Å². The Hall–Kier alpha value is -3.43. The van der Waals surface area contributed by atoms with E-state index in [0.717, 1.165) is 43.6 Å². The highest BCUT2D eigenvalue weighted by Gasteiger charge is 2.36. The lowest BCUT2D eigenvalue weighted by atomic mass is 9.74. The van der Waals surface area contributed by atoms with Gasteiger partial charge in [0.05, 0.1) is 25.9 Å². The van der Waals surface area contributed by atoms with Crippen molar-refractivity contribution < 1.29 is 9.53 Å². The third-order valence-electron chi connectivity index (χ3n) is 6.84. The van der Waals surface area contributed by atoms with Crippen molar-refractivity contribution in [2.75, 3.05) is 26.8 Å². The highest BCUT2D eigenvalue weighted by molar-refractivity contribution is 5.78. The van der Waals surface area contributed by atoms with Crippen LogP contribution in [0.5, 0.6) is 0 Å². The molecule has 176 valence electrons. The Morgan fingerprint density at radius 1 is 1.15 bits per heavy atom. The number of hydrogen-bond donors (Lipinski definition) is 0. The average molecular weight is 457 g/mol. The second-order valence-electron chi connectivity index (χ2n) is 9.45. The number of methoxy groups -OCH3 is 1. The van der Waals surface area contributed by atoms with E-state index in [4.69, 9.17) is 11.3 Å². The van der Waals surface area contributed by atoms with E-state index in [1.54, 1.807) is 19.6 Å². The summed E-state index contributed by atoms with van der Waals surface area (Å²) < 4.78 is 7.64. The van der Waals surface area contributed by atoms with Crippen molar-refractivity contribution in [2.24, 2.45) is 5.41 Å². The van der Waals surface area contributed by atoms with Crippen molar-refractivity contribution in [3.8, 4) is 0 Å². The lowest BCUT2D eigenvalue weighted by molar-refractivity contribution is -0.133. The topological polar surface area (TPSA) is 51.7 Å². The van der Waals surface area contributed by atoms with E-state index < -0.39 is 0 Å². The summed E-state index contributed by atoms with van der Waals surface area (Å²) in [6, 6.07) is 16.2. The molecule has 0 atom stereocenters. The number of nitrogens with zero attached hydrogens (tertiary/aromatic N) is 4. The zero-order valence-electron chi connectivity index (χ0n) is 20.0. The standard InChI is InChI=1S/C28H32N4O2/c1-22-5-4-6-24(15-22)17-28(20-34-3)11-13-31(14-12-28)27(33)16-26-18-30-21-32(26)19-23-7-9-25(29-2)10-8-23/h4-10,15,18,21H,11-14,16-17,19-20H2,1,3H3. The maximum atomic E-state index is 13.1. The summed E-state index contributed by atoms with van der Waals surface area (Å²) in [5.74, 6) is 0.145. The molecule has 1 aromatic heterocycles. The number of carbonyl (C=O) groups excluding carboxylic acids is 1. The van der Waals surface area contributed by atoms with Gasteiger partial charge in [-0.2, -0.15) is 0 Å². The molecule has 0 N–H and O–H groups in total. The fraction of sp³-hybridized carbons (Fsp3) is 0.393. The first-order valence-electron chi connectivity index (χ1n) is 11.8. The predicted octanol–water partition coefficient (Wildman–Crippen LogP) is 4.83. The van der Waals surface area contributed by atoms with Crippen LogP contribution in [0.15, 0.2) is 61.1 Å². The molecule has 0 unspecified atom stereocenters. The lowest BCUT2D eigenvalue weighted by Crippen LogP contribution is -2.46. The maximum Gasteiger partial charge on any atom is 0.228 e. The number of hydrogen-bond acceptors (Lipinski definition) is 3. The lowest BCUT2D eigenvalue weighted by Gasteiger charge is -2.41. The van der Waals surface area contributed by atoms with E-state index in [-0.39, 0.29) is 11.3 Å². The number of ether oxygens (including phenoxy) is 1. The number of benzene rings is 2. The first kappa shape index (κ1) is 23.7. The van der Waals surface area contributed by atoms with Gasteiger partial charge in [0.2, 0.25) is 5.91 Å². The van der Waals surface area contributed by atoms with Crippen molar-refractivity contribution in [2.45, 2.75) is 39.2 Å². The number of carbonyl (C=O) groups is 1. The summed E-state index contributed by atoms with van der Waals surface area (Å²) in [5.41, 5.74) is 5.30. The van der Waals surface area contributed by atoms with Crippen LogP contribution in [-0.2, 0) is 28.9 Å². The first-order chi connectivity index (χ1) is 16.5. The summed E-state index contributed by atoms with van der Waals surface area (Å²) in [5, 5.41) is 0. The minimum atomic E-state index is 0.0680. The number of likely N-dealkylation sites (tertiary alicyclic amines) is 1. The Labute approximate surface area is 202 Å². The fourth-order valence-corrected chi connectivity index (χ4v) is 4.94. The van der Waals surface area contributed by atoms with Gasteiger partial charge >= 0.3 is 0 Å². The smallest absolute Gasteiger partial charge is 0.228 e. The van der Waals surface area contributed by atoms with Crippen molar-refractivity contribution >= 4 is 11.6 Å². The molecule has 2 heterocycles. The zero-order valence-corrected chi connectivity index (χ0v) is 20.0. The summed E-state index contributed by atoms with van der Waals surface area (Å²) >= 11 is 0. The van der Waals surface area contributed by atoms with Crippen LogP contribution in [0.1, 0.15) is 35.2 Å². The van der Waals surface area contributed by atoms with E-state index in [9.17, 15) is 4.79 Å². The Bertz CT molecular complexity index is 1150. The van der Waals surface area contributed by atoms with Crippen LogP contribution >= 0.6 is 0 Å². The van der Waals surface area contributed by atoms with Crippen molar-refractivity contribution in [3.05, 3.63) is 94.9 Å². The van der Waals surface area contributed by atoms with Gasteiger partial charge in [-0.3, -0.25) is 4.79 Å². The number of imidazole rings is 1. The van der Waals surface area contributed by atoms with Gasteiger partial charge in [-0.15, -0.1) is 0 Å². The molecule has 1 saturated heterocycles. The summed E-state index contributed by atoms with van der Waals surface area (Å²) in [6.07, 6.45) is 6.74. The van der Waals surface area contributed by atoms with Crippen molar-refractivity contribution in [1.29, 1.82) is 0 Å². The number of rotatable bonds is 8. The van der Waals surface area contributed by atoms with Gasteiger partial charge in [0.1, 0.15) is 0 Å². The Kier molecular flexibility index (Phi) is 7.44. The molecule has 4 rings (SSSR count). The second kappa shape index (κ2) is 10.7. The van der Waals surface area contributed by atoms with Gasteiger partial charge in [0.15, 0.2) is 5.69 Å². The molecule has 1 fully saturated rings. The summed E-state index contributed by atoms with van der Waals surface area (Å²) in [7, 11) is 1.77. The first-order valence-corrected chi connectivity index (χ1v) is 11.8. The van der Waals surface area contributed by atoms with E-state index in [2.05, 4.69) is 41.0 Å². The second-order valence-corrected chi connectivity index (χ2v) is 9.45. The molecular formula is C28H32N4O2. The van der Waals surface area contributed by atoms with Gasteiger partial charge in [0.25, 0.3) is 0 Å². The molecule has 0 saturated carbocycles. The van der Waals surface area contributed by atoms with E-state index in [0.29, 0.717) is 25.3 Å². The average Bonchev–Trinajstić information content (AvgIpc) is 3.26.